The summed E-state index contributed by atoms with van der Waals surface area (Å²) in [5.41, 5.74) is 0.0731. The average molecular weight is 303 g/mol. The predicted octanol–water partition coefficient (Wildman–Crippen LogP) is 2.70. The number of carboxylic acid groups (broad SMARTS) is 1. The van der Waals surface area contributed by atoms with Crippen LogP contribution in [0.3, 0.4) is 0 Å². The highest BCUT2D eigenvalue weighted by Crippen LogP contribution is 2.18. The highest BCUT2D eigenvalue weighted by molar-refractivity contribution is 7.84. The SMILES string of the molecule is N#Cc1cccc(CS(=O)c2cccc(C(=O)O)c2)c1F. The molecule has 21 heavy (non-hydrogen) atoms. The van der Waals surface area contributed by atoms with E-state index in [1.807, 2.05) is 0 Å². The first-order valence-electron chi connectivity index (χ1n) is 5.92. The van der Waals surface area contributed by atoms with E-state index in [1.54, 1.807) is 6.07 Å². The number of nitrogens with zero attached hydrogens (tertiary/aromatic N) is 1. The molecule has 0 aliphatic rings. The van der Waals surface area contributed by atoms with Crippen LogP contribution in [0.1, 0.15) is 21.5 Å². The Bertz CT molecular complexity index is 768. The number of rotatable bonds is 4. The normalized spacial score (nSPS) is 11.6. The van der Waals surface area contributed by atoms with E-state index in [0.717, 1.165) is 0 Å². The van der Waals surface area contributed by atoms with Crippen LogP contribution in [0.25, 0.3) is 0 Å². The highest BCUT2D eigenvalue weighted by Gasteiger charge is 2.13. The lowest BCUT2D eigenvalue weighted by Crippen LogP contribution is -2.03. The van der Waals surface area contributed by atoms with Crippen molar-refractivity contribution in [3.8, 4) is 6.07 Å². The lowest BCUT2D eigenvalue weighted by atomic mass is 10.1. The Balaban J connectivity index is 2.29. The zero-order chi connectivity index (χ0) is 15.4. The molecule has 1 N–H and O–H groups in total. The fraction of sp³-hybridized carbons (Fsp3) is 0.0667. The number of nitriles is 1. The molecule has 0 amide bonds. The summed E-state index contributed by atoms with van der Waals surface area (Å²) in [7, 11) is -1.59. The molecular weight excluding hydrogens is 293 g/mol. The maximum absolute atomic E-state index is 13.9. The summed E-state index contributed by atoms with van der Waals surface area (Å²) in [6, 6.07) is 11.7. The van der Waals surface area contributed by atoms with E-state index in [0.29, 0.717) is 4.90 Å². The molecule has 0 heterocycles. The molecule has 2 rings (SSSR count). The standard InChI is InChI=1S/C15H10FNO3S/c16-14-11(8-17)4-1-5-12(14)9-21(20)13-6-2-3-10(7-13)15(18)19/h1-7H,9H2,(H,18,19). The van der Waals surface area contributed by atoms with Gasteiger partial charge in [0, 0.05) is 10.5 Å². The summed E-state index contributed by atoms with van der Waals surface area (Å²) >= 11 is 0. The van der Waals surface area contributed by atoms with Gasteiger partial charge in [-0.05, 0) is 24.3 Å². The number of hydrogen-bond donors (Lipinski definition) is 1. The van der Waals surface area contributed by atoms with Gasteiger partial charge in [0.25, 0.3) is 0 Å². The second-order valence-electron chi connectivity index (χ2n) is 4.21. The minimum absolute atomic E-state index is 0.0205. The van der Waals surface area contributed by atoms with Crippen molar-refractivity contribution < 1.29 is 18.5 Å². The van der Waals surface area contributed by atoms with Crippen molar-refractivity contribution in [1.82, 2.24) is 0 Å². The minimum atomic E-state index is -1.59. The fourth-order valence-corrected chi connectivity index (χ4v) is 2.93. The van der Waals surface area contributed by atoms with Gasteiger partial charge in [0.2, 0.25) is 0 Å². The first-order valence-corrected chi connectivity index (χ1v) is 7.24. The Morgan fingerprint density at radius 3 is 2.67 bits per heavy atom. The Labute approximate surface area is 122 Å². The van der Waals surface area contributed by atoms with Gasteiger partial charge in [-0.25, -0.2) is 9.18 Å². The van der Waals surface area contributed by atoms with Crippen molar-refractivity contribution in [2.75, 3.05) is 0 Å². The summed E-state index contributed by atoms with van der Waals surface area (Å²) in [4.78, 5) is 11.2. The van der Waals surface area contributed by atoms with Gasteiger partial charge in [-0.1, -0.05) is 18.2 Å². The molecule has 0 radical (unpaired) electrons. The van der Waals surface area contributed by atoms with Crippen molar-refractivity contribution in [3.63, 3.8) is 0 Å². The summed E-state index contributed by atoms with van der Waals surface area (Å²) in [6.07, 6.45) is 0. The Kier molecular flexibility index (Phi) is 4.45. The van der Waals surface area contributed by atoms with Gasteiger partial charge in [0.15, 0.2) is 0 Å². The van der Waals surface area contributed by atoms with Crippen LogP contribution in [-0.4, -0.2) is 15.3 Å². The number of carbonyl (C=O) groups is 1. The van der Waals surface area contributed by atoms with Crippen molar-refractivity contribution in [2.24, 2.45) is 0 Å². The molecule has 0 aliphatic heterocycles. The monoisotopic (exact) mass is 303 g/mol. The maximum atomic E-state index is 13.9. The molecule has 0 bridgehead atoms. The molecule has 0 saturated heterocycles. The van der Waals surface area contributed by atoms with Crippen molar-refractivity contribution in [3.05, 3.63) is 65.0 Å². The number of halogens is 1. The van der Waals surface area contributed by atoms with Crippen LogP contribution in [0, 0.1) is 17.1 Å². The number of hydrogen-bond acceptors (Lipinski definition) is 3. The summed E-state index contributed by atoms with van der Waals surface area (Å²) < 4.78 is 26.1. The summed E-state index contributed by atoms with van der Waals surface area (Å²) in [6.45, 7) is 0. The smallest absolute Gasteiger partial charge is 0.335 e. The number of benzene rings is 2. The molecule has 6 heteroatoms. The first-order chi connectivity index (χ1) is 10.0. The van der Waals surface area contributed by atoms with Gasteiger partial charge in [-0.3, -0.25) is 4.21 Å². The molecule has 0 aromatic heterocycles. The Morgan fingerprint density at radius 1 is 1.29 bits per heavy atom. The quantitative estimate of drug-likeness (QED) is 0.942. The molecule has 0 saturated carbocycles. The van der Waals surface area contributed by atoms with E-state index in [4.69, 9.17) is 10.4 Å². The molecule has 2 aromatic rings. The lowest BCUT2D eigenvalue weighted by molar-refractivity contribution is 0.0696. The topological polar surface area (TPSA) is 78.2 Å². The van der Waals surface area contributed by atoms with Crippen LogP contribution in [0.4, 0.5) is 4.39 Å². The van der Waals surface area contributed by atoms with Crippen LogP contribution in [-0.2, 0) is 16.6 Å². The van der Waals surface area contributed by atoms with E-state index in [1.165, 1.54) is 42.5 Å². The van der Waals surface area contributed by atoms with Crippen molar-refractivity contribution >= 4 is 16.8 Å². The molecule has 0 fully saturated rings. The molecule has 0 aliphatic carbocycles. The first kappa shape index (κ1) is 14.9. The third kappa shape index (κ3) is 3.33. The molecular formula is C15H10FNO3S. The molecule has 4 nitrogen and oxygen atoms in total. The van der Waals surface area contributed by atoms with Gasteiger partial charge in [-0.2, -0.15) is 5.26 Å². The van der Waals surface area contributed by atoms with Gasteiger partial charge >= 0.3 is 5.97 Å². The molecule has 1 unspecified atom stereocenters. The number of aromatic carboxylic acids is 1. The van der Waals surface area contributed by atoms with E-state index >= 15 is 0 Å². The van der Waals surface area contributed by atoms with Gasteiger partial charge in [0.05, 0.1) is 27.7 Å². The Hall–Kier alpha value is -2.52. The van der Waals surface area contributed by atoms with Crippen LogP contribution >= 0.6 is 0 Å². The van der Waals surface area contributed by atoms with Crippen molar-refractivity contribution in [2.45, 2.75) is 10.6 Å². The van der Waals surface area contributed by atoms with Gasteiger partial charge < -0.3 is 5.11 Å². The van der Waals surface area contributed by atoms with E-state index in [2.05, 4.69) is 0 Å². The van der Waals surface area contributed by atoms with Crippen LogP contribution in [0.2, 0.25) is 0 Å². The maximum Gasteiger partial charge on any atom is 0.335 e. The minimum Gasteiger partial charge on any atom is -0.478 e. The lowest BCUT2D eigenvalue weighted by Gasteiger charge is -2.06. The number of carboxylic acids is 1. The second-order valence-corrected chi connectivity index (χ2v) is 5.66. The van der Waals surface area contributed by atoms with Gasteiger partial charge in [-0.15, -0.1) is 0 Å². The zero-order valence-corrected chi connectivity index (χ0v) is 11.6. The van der Waals surface area contributed by atoms with Crippen LogP contribution in [0.5, 0.6) is 0 Å². The summed E-state index contributed by atoms with van der Waals surface area (Å²) in [5, 5.41) is 17.7. The third-order valence-electron chi connectivity index (χ3n) is 2.83. The fourth-order valence-electron chi connectivity index (χ4n) is 1.77. The summed E-state index contributed by atoms with van der Waals surface area (Å²) in [5.74, 6) is -1.93. The van der Waals surface area contributed by atoms with Crippen LogP contribution < -0.4 is 0 Å². The molecule has 2 aromatic carbocycles. The zero-order valence-electron chi connectivity index (χ0n) is 10.7. The molecule has 1 atom stereocenters. The van der Waals surface area contributed by atoms with Gasteiger partial charge in [0.1, 0.15) is 11.9 Å². The van der Waals surface area contributed by atoms with Crippen LogP contribution in [0.15, 0.2) is 47.4 Å². The highest BCUT2D eigenvalue weighted by atomic mass is 32.2. The predicted molar refractivity (Wildman–Crippen MR) is 74.6 cm³/mol. The molecule has 0 spiro atoms. The van der Waals surface area contributed by atoms with E-state index in [-0.39, 0.29) is 22.4 Å². The van der Waals surface area contributed by atoms with E-state index in [9.17, 15) is 13.4 Å². The second kappa shape index (κ2) is 6.29. The Morgan fingerprint density at radius 2 is 2.00 bits per heavy atom. The largest absolute Gasteiger partial charge is 0.478 e. The van der Waals surface area contributed by atoms with Crippen molar-refractivity contribution in [1.29, 1.82) is 5.26 Å². The third-order valence-corrected chi connectivity index (χ3v) is 4.18. The molecule has 106 valence electrons. The average Bonchev–Trinajstić information content (AvgIpc) is 2.49. The van der Waals surface area contributed by atoms with E-state index < -0.39 is 22.6 Å².